The van der Waals surface area contributed by atoms with Crippen LogP contribution in [0.1, 0.15) is 22.7 Å². The molecule has 5 nitrogen and oxygen atoms in total. The lowest BCUT2D eigenvalue weighted by Crippen LogP contribution is -2.50. The van der Waals surface area contributed by atoms with Crippen LogP contribution >= 0.6 is 0 Å². The molecule has 2 aromatic carbocycles. The van der Waals surface area contributed by atoms with E-state index >= 15 is 0 Å². The molecule has 2 unspecified atom stereocenters. The second-order valence-corrected chi connectivity index (χ2v) is 7.02. The van der Waals surface area contributed by atoms with Crippen LogP contribution in [-0.2, 0) is 12.8 Å². The SMILES string of the molecule is COc1cc2c(cc1O)CC[N+]1(C)c3cc4c(cc3CC21)OCO4. The fourth-order valence-corrected chi connectivity index (χ4v) is 4.55. The molecule has 0 saturated heterocycles. The molecule has 1 N–H and O–H groups in total. The number of phenols is 1. The molecule has 0 spiro atoms. The van der Waals surface area contributed by atoms with Crippen LogP contribution in [0.5, 0.6) is 23.0 Å². The summed E-state index contributed by atoms with van der Waals surface area (Å²) < 4.78 is 17.3. The van der Waals surface area contributed by atoms with E-state index in [1.807, 2.05) is 12.1 Å². The lowest BCUT2D eigenvalue weighted by atomic mass is 9.90. The van der Waals surface area contributed by atoms with Gasteiger partial charge in [0, 0.05) is 30.0 Å². The van der Waals surface area contributed by atoms with E-state index in [2.05, 4.69) is 19.2 Å². The lowest BCUT2D eigenvalue weighted by molar-refractivity contribution is 0.173. The van der Waals surface area contributed by atoms with E-state index in [0.29, 0.717) is 18.6 Å². The highest BCUT2D eigenvalue weighted by Gasteiger charge is 2.48. The first-order chi connectivity index (χ1) is 11.6. The Kier molecular flexibility index (Phi) is 2.66. The van der Waals surface area contributed by atoms with Gasteiger partial charge in [0.25, 0.3) is 0 Å². The number of methoxy groups -OCH3 is 1. The van der Waals surface area contributed by atoms with Crippen molar-refractivity contribution in [2.75, 3.05) is 27.5 Å². The molecular weight excluding hydrogens is 306 g/mol. The van der Waals surface area contributed by atoms with Crippen LogP contribution in [0.2, 0.25) is 0 Å². The molecule has 0 fully saturated rings. The summed E-state index contributed by atoms with van der Waals surface area (Å²) in [5.74, 6) is 2.47. The van der Waals surface area contributed by atoms with E-state index in [1.54, 1.807) is 7.11 Å². The van der Waals surface area contributed by atoms with E-state index in [4.69, 9.17) is 14.2 Å². The Morgan fingerprint density at radius 2 is 1.92 bits per heavy atom. The number of likely N-dealkylation sites (N-methyl/N-ethyl adjacent to an activating group) is 1. The van der Waals surface area contributed by atoms with Crippen LogP contribution < -0.4 is 18.7 Å². The van der Waals surface area contributed by atoms with Gasteiger partial charge in [-0.15, -0.1) is 0 Å². The highest BCUT2D eigenvalue weighted by molar-refractivity contribution is 5.66. The number of quaternary nitrogens is 1. The first kappa shape index (κ1) is 14.0. The molecule has 0 aliphatic carbocycles. The van der Waals surface area contributed by atoms with Crippen molar-refractivity contribution in [3.05, 3.63) is 41.0 Å². The normalized spacial score (nSPS) is 25.8. The Morgan fingerprint density at radius 1 is 1.12 bits per heavy atom. The number of phenolic OH excluding ortho intramolecular Hbond substituents is 1. The second-order valence-electron chi connectivity index (χ2n) is 7.02. The number of ether oxygens (including phenoxy) is 3. The van der Waals surface area contributed by atoms with Gasteiger partial charge in [-0.2, -0.15) is 0 Å². The van der Waals surface area contributed by atoms with Gasteiger partial charge < -0.3 is 19.3 Å². The fraction of sp³-hybridized carbons (Fsp3) is 0.368. The maximum Gasteiger partial charge on any atom is 0.231 e. The lowest BCUT2D eigenvalue weighted by Gasteiger charge is -2.41. The molecule has 5 rings (SSSR count). The highest BCUT2D eigenvalue weighted by Crippen LogP contribution is 2.53. The molecule has 3 heterocycles. The smallest absolute Gasteiger partial charge is 0.231 e. The maximum absolute atomic E-state index is 10.1. The zero-order chi connectivity index (χ0) is 16.5. The Morgan fingerprint density at radius 3 is 2.71 bits per heavy atom. The van der Waals surface area contributed by atoms with Crippen molar-refractivity contribution in [3.63, 3.8) is 0 Å². The quantitative estimate of drug-likeness (QED) is 0.819. The molecular formula is C19H20NO4+. The van der Waals surface area contributed by atoms with E-state index < -0.39 is 0 Å². The molecule has 0 bridgehead atoms. The van der Waals surface area contributed by atoms with Crippen LogP contribution in [0.15, 0.2) is 24.3 Å². The third kappa shape index (κ3) is 1.68. The van der Waals surface area contributed by atoms with Crippen LogP contribution in [0, 0.1) is 0 Å². The number of fused-ring (bicyclic) bond motifs is 6. The number of aromatic hydroxyl groups is 1. The Hall–Kier alpha value is -2.40. The van der Waals surface area contributed by atoms with Crippen molar-refractivity contribution in [2.45, 2.75) is 18.9 Å². The van der Waals surface area contributed by atoms with Crippen molar-refractivity contribution < 1.29 is 19.3 Å². The third-order valence-electron chi connectivity index (χ3n) is 5.87. The molecule has 3 aliphatic heterocycles. The van der Waals surface area contributed by atoms with Gasteiger partial charge in [0.2, 0.25) is 6.79 Å². The Labute approximate surface area is 140 Å². The summed E-state index contributed by atoms with van der Waals surface area (Å²) in [7, 11) is 3.89. The second kappa shape index (κ2) is 4.57. The van der Waals surface area contributed by atoms with Crippen LogP contribution in [0.3, 0.4) is 0 Å². The first-order valence-corrected chi connectivity index (χ1v) is 8.28. The molecule has 5 heteroatoms. The summed E-state index contributed by atoms with van der Waals surface area (Å²) in [6.07, 6.45) is 1.90. The topological polar surface area (TPSA) is 47.9 Å². The molecule has 3 aliphatic rings. The molecule has 124 valence electrons. The largest absolute Gasteiger partial charge is 0.504 e. The van der Waals surface area contributed by atoms with Crippen molar-refractivity contribution >= 4 is 5.69 Å². The molecule has 0 amide bonds. The number of nitrogens with zero attached hydrogens (tertiary/aromatic N) is 1. The average molecular weight is 326 g/mol. The minimum Gasteiger partial charge on any atom is -0.504 e. The Bertz CT molecular complexity index is 863. The van der Waals surface area contributed by atoms with Gasteiger partial charge in [-0.25, -0.2) is 0 Å². The zero-order valence-electron chi connectivity index (χ0n) is 13.8. The summed E-state index contributed by atoms with van der Waals surface area (Å²) in [5.41, 5.74) is 5.15. The van der Waals surface area contributed by atoms with E-state index in [-0.39, 0.29) is 5.75 Å². The van der Waals surface area contributed by atoms with Crippen LogP contribution in [0.25, 0.3) is 0 Å². The van der Waals surface area contributed by atoms with Crippen molar-refractivity contribution in [3.8, 4) is 23.0 Å². The molecule has 0 radical (unpaired) electrons. The summed E-state index contributed by atoms with van der Waals surface area (Å²) in [6, 6.07) is 8.50. The number of hydrogen-bond donors (Lipinski definition) is 1. The van der Waals surface area contributed by atoms with E-state index in [1.165, 1.54) is 22.4 Å². The minimum atomic E-state index is 0.226. The standard InChI is InChI=1S/C19H19NO4/c1-20-4-3-11-6-16(21)17(22-2)8-13(11)15(20)5-12-7-18-19(9-14(12)20)24-10-23-18/h6-9,15H,3-5,10H2,1-2H3/p+1. The molecule has 0 aromatic heterocycles. The van der Waals surface area contributed by atoms with Crippen LogP contribution in [-0.4, -0.2) is 32.6 Å². The fourth-order valence-electron chi connectivity index (χ4n) is 4.55. The van der Waals surface area contributed by atoms with Gasteiger partial charge in [0.15, 0.2) is 23.0 Å². The predicted molar refractivity (Wildman–Crippen MR) is 90.0 cm³/mol. The average Bonchev–Trinajstić information content (AvgIpc) is 3.14. The highest BCUT2D eigenvalue weighted by atomic mass is 16.7. The van der Waals surface area contributed by atoms with Gasteiger partial charge in [-0.1, -0.05) is 0 Å². The van der Waals surface area contributed by atoms with Gasteiger partial charge in [0.05, 0.1) is 20.7 Å². The van der Waals surface area contributed by atoms with Crippen LogP contribution in [0.4, 0.5) is 5.69 Å². The molecule has 0 saturated carbocycles. The number of hydrogen-bond acceptors (Lipinski definition) is 4. The van der Waals surface area contributed by atoms with Crippen molar-refractivity contribution in [2.24, 2.45) is 0 Å². The Balaban J connectivity index is 1.66. The molecule has 24 heavy (non-hydrogen) atoms. The third-order valence-corrected chi connectivity index (χ3v) is 5.87. The maximum atomic E-state index is 10.1. The summed E-state index contributed by atoms with van der Waals surface area (Å²) in [4.78, 5) is 0. The van der Waals surface area contributed by atoms with Gasteiger partial charge >= 0.3 is 0 Å². The molecule has 2 atom stereocenters. The summed E-state index contributed by atoms with van der Waals surface area (Å²) >= 11 is 0. The van der Waals surface area contributed by atoms with Gasteiger partial charge in [-0.05, 0) is 23.8 Å². The van der Waals surface area contributed by atoms with Gasteiger partial charge in [0.1, 0.15) is 11.7 Å². The van der Waals surface area contributed by atoms with E-state index in [9.17, 15) is 5.11 Å². The number of rotatable bonds is 1. The predicted octanol–water partition coefficient (Wildman–Crippen LogP) is 2.92. The summed E-state index contributed by atoms with van der Waals surface area (Å²) in [6.45, 7) is 1.32. The zero-order valence-corrected chi connectivity index (χ0v) is 13.8. The minimum absolute atomic E-state index is 0.226. The monoisotopic (exact) mass is 326 g/mol. The van der Waals surface area contributed by atoms with Crippen molar-refractivity contribution in [1.82, 2.24) is 4.48 Å². The molecule has 2 aromatic rings. The van der Waals surface area contributed by atoms with Crippen molar-refractivity contribution in [1.29, 1.82) is 0 Å². The van der Waals surface area contributed by atoms with Gasteiger partial charge in [-0.3, -0.25) is 4.48 Å². The summed E-state index contributed by atoms with van der Waals surface area (Å²) in [5, 5.41) is 10.1. The number of benzene rings is 2. The first-order valence-electron chi connectivity index (χ1n) is 8.28. The van der Waals surface area contributed by atoms with E-state index in [0.717, 1.165) is 35.4 Å².